The third kappa shape index (κ3) is 5.42. The van der Waals surface area contributed by atoms with Gasteiger partial charge in [0.25, 0.3) is 0 Å². The standard InChI is InChI=1S/C30H36N4O/c1-30(2,33(21-24-11-5-3-6-12-24)22-25-13-7-4-8-14-25)23-32-19-17-26(18-20-32)34-28-16-10-9-15-27(28)31-29(34)35/h3-16,26H,17-23H2,1-2H3,(H,31,35). The number of hydrogen-bond acceptors (Lipinski definition) is 3. The lowest BCUT2D eigenvalue weighted by Gasteiger charge is -2.44. The van der Waals surface area contributed by atoms with E-state index in [9.17, 15) is 4.79 Å². The maximum absolute atomic E-state index is 12.7. The lowest BCUT2D eigenvalue weighted by Crippen LogP contribution is -2.52. The molecule has 0 saturated carbocycles. The molecule has 182 valence electrons. The Morgan fingerprint density at radius 3 is 1.97 bits per heavy atom. The molecule has 0 aliphatic carbocycles. The van der Waals surface area contributed by atoms with Crippen molar-refractivity contribution in [3.05, 3.63) is 107 Å². The molecule has 35 heavy (non-hydrogen) atoms. The molecule has 0 radical (unpaired) electrons. The van der Waals surface area contributed by atoms with Crippen molar-refractivity contribution in [3.63, 3.8) is 0 Å². The minimum absolute atomic E-state index is 0.00383. The maximum atomic E-state index is 12.7. The number of aromatic nitrogens is 2. The average molecular weight is 469 g/mol. The van der Waals surface area contributed by atoms with Crippen molar-refractivity contribution < 1.29 is 0 Å². The summed E-state index contributed by atoms with van der Waals surface area (Å²) in [6.45, 7) is 9.59. The summed E-state index contributed by atoms with van der Waals surface area (Å²) in [5.41, 5.74) is 4.65. The van der Waals surface area contributed by atoms with E-state index in [0.29, 0.717) is 0 Å². The normalized spacial score (nSPS) is 15.7. The quantitative estimate of drug-likeness (QED) is 0.374. The number of fused-ring (bicyclic) bond motifs is 1. The van der Waals surface area contributed by atoms with Crippen molar-refractivity contribution in [2.45, 2.75) is 51.4 Å². The highest BCUT2D eigenvalue weighted by atomic mass is 16.1. The molecule has 1 fully saturated rings. The fraction of sp³-hybridized carbons (Fsp3) is 0.367. The molecule has 4 aromatic rings. The molecule has 3 aromatic carbocycles. The van der Waals surface area contributed by atoms with Gasteiger partial charge >= 0.3 is 5.69 Å². The number of benzene rings is 3. The predicted octanol–water partition coefficient (Wildman–Crippen LogP) is 5.45. The number of hydrogen-bond donors (Lipinski definition) is 1. The molecular formula is C30H36N4O. The number of nitrogens with one attached hydrogen (secondary N) is 1. The summed E-state index contributed by atoms with van der Waals surface area (Å²) in [5.74, 6) is 0. The zero-order valence-corrected chi connectivity index (χ0v) is 20.9. The lowest BCUT2D eigenvalue weighted by molar-refractivity contribution is 0.0476. The first kappa shape index (κ1) is 23.6. The maximum Gasteiger partial charge on any atom is 0.326 e. The highest BCUT2D eigenvalue weighted by molar-refractivity contribution is 5.75. The van der Waals surface area contributed by atoms with Crippen molar-refractivity contribution in [2.24, 2.45) is 0 Å². The molecule has 2 heterocycles. The third-order valence-corrected chi connectivity index (χ3v) is 7.45. The number of likely N-dealkylation sites (tertiary alicyclic amines) is 1. The van der Waals surface area contributed by atoms with Gasteiger partial charge in [-0.1, -0.05) is 72.8 Å². The van der Waals surface area contributed by atoms with Crippen LogP contribution in [0.1, 0.15) is 43.9 Å². The minimum atomic E-state index is -0.00383. The summed E-state index contributed by atoms with van der Waals surface area (Å²) in [6.07, 6.45) is 1.99. The number of nitrogens with zero attached hydrogens (tertiary/aromatic N) is 3. The van der Waals surface area contributed by atoms with Crippen LogP contribution in [0.3, 0.4) is 0 Å². The van der Waals surface area contributed by atoms with Gasteiger partial charge in [-0.2, -0.15) is 0 Å². The molecule has 0 amide bonds. The molecule has 1 N–H and O–H groups in total. The molecule has 0 unspecified atom stereocenters. The summed E-state index contributed by atoms with van der Waals surface area (Å²) < 4.78 is 1.98. The van der Waals surface area contributed by atoms with E-state index in [1.807, 2.05) is 28.8 Å². The molecule has 1 aliphatic rings. The molecule has 1 saturated heterocycles. The minimum Gasteiger partial charge on any atom is -0.306 e. The van der Waals surface area contributed by atoms with Gasteiger partial charge in [0, 0.05) is 44.3 Å². The number of imidazole rings is 1. The van der Waals surface area contributed by atoms with Gasteiger partial charge in [0.2, 0.25) is 0 Å². The Hall–Kier alpha value is -3.15. The number of para-hydroxylation sites is 2. The van der Waals surface area contributed by atoms with Crippen LogP contribution in [0, 0.1) is 0 Å². The average Bonchev–Trinajstić information content (AvgIpc) is 3.21. The van der Waals surface area contributed by atoms with Crippen LogP contribution in [-0.4, -0.2) is 44.5 Å². The Balaban J connectivity index is 1.28. The van der Waals surface area contributed by atoms with E-state index >= 15 is 0 Å². The largest absolute Gasteiger partial charge is 0.326 e. The first-order valence-corrected chi connectivity index (χ1v) is 12.7. The van der Waals surface area contributed by atoms with Gasteiger partial charge in [-0.15, -0.1) is 0 Å². The Bertz CT molecular complexity index is 1240. The van der Waals surface area contributed by atoms with Gasteiger partial charge in [-0.3, -0.25) is 9.47 Å². The predicted molar refractivity (Wildman–Crippen MR) is 143 cm³/mol. The van der Waals surface area contributed by atoms with E-state index in [1.165, 1.54) is 11.1 Å². The summed E-state index contributed by atoms with van der Waals surface area (Å²) in [4.78, 5) is 20.9. The van der Waals surface area contributed by atoms with E-state index in [4.69, 9.17) is 0 Å². The molecule has 5 nitrogen and oxygen atoms in total. The van der Waals surface area contributed by atoms with Crippen LogP contribution < -0.4 is 5.69 Å². The SMILES string of the molecule is CC(C)(CN1CCC(n2c(=O)[nH]c3ccccc32)CC1)N(Cc1ccccc1)Cc1ccccc1. The molecule has 0 spiro atoms. The topological polar surface area (TPSA) is 44.3 Å². The van der Waals surface area contributed by atoms with Crippen LogP contribution >= 0.6 is 0 Å². The van der Waals surface area contributed by atoms with Gasteiger partial charge in [0.1, 0.15) is 0 Å². The first-order valence-electron chi connectivity index (χ1n) is 12.7. The Morgan fingerprint density at radius 2 is 1.37 bits per heavy atom. The van der Waals surface area contributed by atoms with Crippen molar-refractivity contribution in [1.29, 1.82) is 0 Å². The van der Waals surface area contributed by atoms with Crippen molar-refractivity contribution in [2.75, 3.05) is 19.6 Å². The fourth-order valence-electron chi connectivity index (χ4n) is 5.51. The fourth-order valence-corrected chi connectivity index (χ4v) is 5.51. The van der Waals surface area contributed by atoms with E-state index in [1.54, 1.807) is 0 Å². The molecule has 5 rings (SSSR count). The lowest BCUT2D eigenvalue weighted by atomic mass is 9.96. The third-order valence-electron chi connectivity index (χ3n) is 7.45. The Kier molecular flexibility index (Phi) is 6.89. The zero-order valence-electron chi connectivity index (χ0n) is 20.9. The second-order valence-electron chi connectivity index (χ2n) is 10.5. The Labute approximate surface area is 208 Å². The Morgan fingerprint density at radius 1 is 0.829 bits per heavy atom. The monoisotopic (exact) mass is 468 g/mol. The van der Waals surface area contributed by atoms with E-state index in [-0.39, 0.29) is 17.3 Å². The molecular weight excluding hydrogens is 432 g/mol. The molecule has 5 heteroatoms. The zero-order chi connectivity index (χ0) is 24.3. The van der Waals surface area contributed by atoms with Gasteiger partial charge in [-0.25, -0.2) is 4.79 Å². The van der Waals surface area contributed by atoms with Crippen molar-refractivity contribution >= 4 is 11.0 Å². The highest BCUT2D eigenvalue weighted by Crippen LogP contribution is 2.28. The van der Waals surface area contributed by atoms with Gasteiger partial charge in [0.15, 0.2) is 0 Å². The molecule has 0 bridgehead atoms. The van der Waals surface area contributed by atoms with Crippen LogP contribution in [0.2, 0.25) is 0 Å². The smallest absolute Gasteiger partial charge is 0.306 e. The van der Waals surface area contributed by atoms with E-state index < -0.39 is 0 Å². The second-order valence-corrected chi connectivity index (χ2v) is 10.5. The van der Waals surface area contributed by atoms with Crippen molar-refractivity contribution in [1.82, 2.24) is 19.4 Å². The summed E-state index contributed by atoms with van der Waals surface area (Å²) in [5, 5.41) is 0. The second kappa shape index (κ2) is 10.2. The summed E-state index contributed by atoms with van der Waals surface area (Å²) >= 11 is 0. The highest BCUT2D eigenvalue weighted by Gasteiger charge is 2.32. The van der Waals surface area contributed by atoms with Crippen LogP contribution in [0.4, 0.5) is 0 Å². The first-order chi connectivity index (χ1) is 17.0. The van der Waals surface area contributed by atoms with E-state index in [0.717, 1.165) is 56.6 Å². The van der Waals surface area contributed by atoms with Crippen LogP contribution in [-0.2, 0) is 13.1 Å². The van der Waals surface area contributed by atoms with Crippen LogP contribution in [0.5, 0.6) is 0 Å². The van der Waals surface area contributed by atoms with Gasteiger partial charge < -0.3 is 9.88 Å². The van der Waals surface area contributed by atoms with Gasteiger partial charge in [-0.05, 0) is 49.9 Å². The number of piperidine rings is 1. The van der Waals surface area contributed by atoms with Crippen LogP contribution in [0.15, 0.2) is 89.7 Å². The number of H-pyrrole nitrogens is 1. The molecule has 0 atom stereocenters. The summed E-state index contributed by atoms with van der Waals surface area (Å²) in [6, 6.07) is 29.8. The van der Waals surface area contributed by atoms with Crippen LogP contribution in [0.25, 0.3) is 11.0 Å². The van der Waals surface area contributed by atoms with E-state index in [2.05, 4.69) is 89.3 Å². The van der Waals surface area contributed by atoms with Gasteiger partial charge in [0.05, 0.1) is 11.0 Å². The number of rotatable bonds is 8. The van der Waals surface area contributed by atoms with Crippen molar-refractivity contribution in [3.8, 4) is 0 Å². The summed E-state index contributed by atoms with van der Waals surface area (Å²) in [7, 11) is 0. The number of aromatic amines is 1. The molecule has 1 aliphatic heterocycles. The molecule has 1 aromatic heterocycles.